The van der Waals surface area contributed by atoms with Gasteiger partial charge in [-0.25, -0.2) is 0 Å². The Morgan fingerprint density at radius 2 is 2.26 bits per heavy atom. The molecule has 19 heavy (non-hydrogen) atoms. The molecule has 3 N–H and O–H groups in total. The number of hydrogen-bond donors (Lipinski definition) is 2. The summed E-state index contributed by atoms with van der Waals surface area (Å²) in [6.45, 7) is 7.25. The summed E-state index contributed by atoms with van der Waals surface area (Å²) in [5.74, 6) is 1.10. The highest BCUT2D eigenvalue weighted by molar-refractivity contribution is 5.77. The zero-order valence-electron chi connectivity index (χ0n) is 11.3. The van der Waals surface area contributed by atoms with Crippen LogP contribution in [0, 0.1) is 5.92 Å². The van der Waals surface area contributed by atoms with Crippen molar-refractivity contribution < 1.29 is 0 Å². The molecule has 102 valence electrons. The van der Waals surface area contributed by atoms with E-state index in [0.29, 0.717) is 18.4 Å². The van der Waals surface area contributed by atoms with Gasteiger partial charge in [0.1, 0.15) is 0 Å². The first kappa shape index (κ1) is 13.5. The minimum absolute atomic E-state index is 0.512. The van der Waals surface area contributed by atoms with Crippen molar-refractivity contribution in [2.45, 2.75) is 6.42 Å². The second-order valence-corrected chi connectivity index (χ2v) is 4.83. The number of para-hydroxylation sites is 1. The van der Waals surface area contributed by atoms with Gasteiger partial charge in [0.05, 0.1) is 0 Å². The molecule has 1 fully saturated rings. The molecule has 2 rings (SSSR count). The van der Waals surface area contributed by atoms with Gasteiger partial charge >= 0.3 is 0 Å². The van der Waals surface area contributed by atoms with Crippen LogP contribution in [0.4, 0.5) is 5.69 Å². The summed E-state index contributed by atoms with van der Waals surface area (Å²) in [6, 6.07) is 10.5. The van der Waals surface area contributed by atoms with E-state index in [1.165, 1.54) is 12.1 Å². The summed E-state index contributed by atoms with van der Waals surface area (Å²) in [5, 5.41) is 3.00. The van der Waals surface area contributed by atoms with Crippen LogP contribution in [-0.4, -0.2) is 32.1 Å². The van der Waals surface area contributed by atoms with Crippen LogP contribution in [0.1, 0.15) is 6.42 Å². The monoisotopic (exact) mass is 258 g/mol. The van der Waals surface area contributed by atoms with Crippen molar-refractivity contribution in [2.24, 2.45) is 16.6 Å². The lowest BCUT2D eigenvalue weighted by molar-refractivity contribution is 0.602. The van der Waals surface area contributed by atoms with Gasteiger partial charge in [0.15, 0.2) is 5.96 Å². The summed E-state index contributed by atoms with van der Waals surface area (Å²) < 4.78 is 0. The predicted octanol–water partition coefficient (Wildman–Crippen LogP) is 1.60. The van der Waals surface area contributed by atoms with E-state index >= 15 is 0 Å². The maximum Gasteiger partial charge on any atom is 0.188 e. The van der Waals surface area contributed by atoms with E-state index < -0.39 is 0 Å². The Labute approximate surface area is 115 Å². The van der Waals surface area contributed by atoms with E-state index in [-0.39, 0.29) is 0 Å². The van der Waals surface area contributed by atoms with Gasteiger partial charge in [-0.15, -0.1) is 6.58 Å². The zero-order valence-corrected chi connectivity index (χ0v) is 11.3. The van der Waals surface area contributed by atoms with Crippen molar-refractivity contribution >= 4 is 11.6 Å². The van der Waals surface area contributed by atoms with Crippen LogP contribution in [0.2, 0.25) is 0 Å². The van der Waals surface area contributed by atoms with Crippen molar-refractivity contribution in [3.05, 3.63) is 43.0 Å². The Morgan fingerprint density at radius 1 is 1.47 bits per heavy atom. The first-order chi connectivity index (χ1) is 9.29. The fourth-order valence-corrected chi connectivity index (χ4v) is 2.32. The molecule has 0 spiro atoms. The van der Waals surface area contributed by atoms with E-state index in [0.717, 1.165) is 19.6 Å². The molecule has 0 amide bonds. The summed E-state index contributed by atoms with van der Waals surface area (Å²) in [4.78, 5) is 6.79. The number of nitrogens with one attached hydrogen (secondary N) is 1. The molecule has 0 radical (unpaired) electrons. The van der Waals surface area contributed by atoms with E-state index in [2.05, 4.69) is 46.1 Å². The summed E-state index contributed by atoms with van der Waals surface area (Å²) in [6.07, 6.45) is 2.95. The van der Waals surface area contributed by atoms with E-state index in [9.17, 15) is 0 Å². The zero-order chi connectivity index (χ0) is 13.5. The molecule has 4 nitrogen and oxygen atoms in total. The maximum absolute atomic E-state index is 5.76. The van der Waals surface area contributed by atoms with Crippen molar-refractivity contribution in [1.82, 2.24) is 5.32 Å². The van der Waals surface area contributed by atoms with E-state index in [1.807, 2.05) is 6.07 Å². The lowest BCUT2D eigenvalue weighted by Crippen LogP contribution is -2.32. The molecule has 0 aromatic heterocycles. The lowest BCUT2D eigenvalue weighted by Gasteiger charge is -2.18. The van der Waals surface area contributed by atoms with Gasteiger partial charge < -0.3 is 16.0 Å². The summed E-state index contributed by atoms with van der Waals surface area (Å²) >= 11 is 0. The highest BCUT2D eigenvalue weighted by Gasteiger charge is 2.22. The highest BCUT2D eigenvalue weighted by atomic mass is 15.2. The third-order valence-corrected chi connectivity index (χ3v) is 3.35. The SMILES string of the molecule is C=CCNC(N)=NCC1CCN(c2ccccc2)C1. The number of rotatable bonds is 5. The molecule has 1 heterocycles. The van der Waals surface area contributed by atoms with Crippen LogP contribution in [0.5, 0.6) is 0 Å². The van der Waals surface area contributed by atoms with Crippen LogP contribution >= 0.6 is 0 Å². The number of hydrogen-bond acceptors (Lipinski definition) is 2. The number of anilines is 1. The van der Waals surface area contributed by atoms with Gasteiger partial charge in [0.2, 0.25) is 0 Å². The largest absolute Gasteiger partial charge is 0.371 e. The molecule has 1 atom stereocenters. The minimum atomic E-state index is 0.512. The molecule has 1 aromatic carbocycles. The standard InChI is InChI=1S/C15H22N4/c1-2-9-17-15(16)18-11-13-8-10-19(12-13)14-6-4-3-5-7-14/h2-7,13H,1,8-12H2,(H3,16,17,18). The third kappa shape index (κ3) is 4.02. The van der Waals surface area contributed by atoms with E-state index in [1.54, 1.807) is 6.08 Å². The van der Waals surface area contributed by atoms with E-state index in [4.69, 9.17) is 5.73 Å². The number of aliphatic imine (C=N–C) groups is 1. The normalized spacial score (nSPS) is 19.5. The molecule has 1 saturated heterocycles. The van der Waals surface area contributed by atoms with Gasteiger partial charge in [-0.3, -0.25) is 4.99 Å². The van der Waals surface area contributed by atoms with Crippen molar-refractivity contribution in [1.29, 1.82) is 0 Å². The topological polar surface area (TPSA) is 53.6 Å². The van der Waals surface area contributed by atoms with Gasteiger partial charge in [-0.05, 0) is 24.5 Å². The highest BCUT2D eigenvalue weighted by Crippen LogP contribution is 2.23. The summed E-state index contributed by atoms with van der Waals surface area (Å²) in [5.41, 5.74) is 7.06. The minimum Gasteiger partial charge on any atom is -0.371 e. The first-order valence-electron chi connectivity index (χ1n) is 6.74. The average molecular weight is 258 g/mol. The molecule has 4 heteroatoms. The second-order valence-electron chi connectivity index (χ2n) is 4.83. The van der Waals surface area contributed by atoms with Crippen molar-refractivity contribution in [2.75, 3.05) is 31.1 Å². The first-order valence-corrected chi connectivity index (χ1v) is 6.74. The average Bonchev–Trinajstić information content (AvgIpc) is 2.93. The lowest BCUT2D eigenvalue weighted by atomic mass is 10.1. The number of nitrogens with two attached hydrogens (primary N) is 1. The van der Waals surface area contributed by atoms with Gasteiger partial charge in [-0.2, -0.15) is 0 Å². The van der Waals surface area contributed by atoms with Gasteiger partial charge in [0, 0.05) is 31.9 Å². The molecule has 0 bridgehead atoms. The van der Waals surface area contributed by atoms with Crippen LogP contribution in [-0.2, 0) is 0 Å². The molecular formula is C15H22N4. The number of nitrogens with zero attached hydrogens (tertiary/aromatic N) is 2. The van der Waals surface area contributed by atoms with Gasteiger partial charge in [0.25, 0.3) is 0 Å². The number of benzene rings is 1. The molecule has 0 saturated carbocycles. The fraction of sp³-hybridized carbons (Fsp3) is 0.400. The van der Waals surface area contributed by atoms with Crippen LogP contribution in [0.15, 0.2) is 48.0 Å². The van der Waals surface area contributed by atoms with Crippen molar-refractivity contribution in [3.8, 4) is 0 Å². The molecule has 1 aromatic rings. The fourth-order valence-electron chi connectivity index (χ4n) is 2.32. The molecule has 0 aliphatic carbocycles. The Bertz CT molecular complexity index is 427. The van der Waals surface area contributed by atoms with Crippen LogP contribution in [0.25, 0.3) is 0 Å². The molecule has 1 aliphatic heterocycles. The van der Waals surface area contributed by atoms with Crippen LogP contribution < -0.4 is 16.0 Å². The summed E-state index contributed by atoms with van der Waals surface area (Å²) in [7, 11) is 0. The quantitative estimate of drug-likeness (QED) is 0.479. The smallest absolute Gasteiger partial charge is 0.188 e. The maximum atomic E-state index is 5.76. The predicted molar refractivity (Wildman–Crippen MR) is 81.5 cm³/mol. The Hall–Kier alpha value is -1.97. The Morgan fingerprint density at radius 3 is 3.00 bits per heavy atom. The number of guanidine groups is 1. The molecule has 1 unspecified atom stereocenters. The molecular weight excluding hydrogens is 236 g/mol. The van der Waals surface area contributed by atoms with Crippen molar-refractivity contribution in [3.63, 3.8) is 0 Å². The second kappa shape index (κ2) is 6.83. The molecule has 1 aliphatic rings. The van der Waals surface area contributed by atoms with Crippen LogP contribution in [0.3, 0.4) is 0 Å². The Kier molecular flexibility index (Phi) is 4.84. The third-order valence-electron chi connectivity index (χ3n) is 3.35. The Balaban J connectivity index is 1.81. The van der Waals surface area contributed by atoms with Gasteiger partial charge in [-0.1, -0.05) is 24.3 Å².